The maximum atomic E-state index is 9.87. The summed E-state index contributed by atoms with van der Waals surface area (Å²) in [5, 5.41) is 9.87. The van der Waals surface area contributed by atoms with Crippen LogP contribution in [0.25, 0.3) is 0 Å². The van der Waals surface area contributed by atoms with Crippen molar-refractivity contribution in [1.82, 2.24) is 9.80 Å². The van der Waals surface area contributed by atoms with Gasteiger partial charge < -0.3 is 14.7 Å². The third-order valence-electron chi connectivity index (χ3n) is 6.28. The van der Waals surface area contributed by atoms with Gasteiger partial charge in [0.25, 0.3) is 0 Å². The van der Waals surface area contributed by atoms with Gasteiger partial charge in [-0.2, -0.15) is 0 Å². The second-order valence-electron chi connectivity index (χ2n) is 8.58. The molecule has 2 fully saturated rings. The summed E-state index contributed by atoms with van der Waals surface area (Å²) >= 11 is 0. The molecule has 3 rings (SSSR count). The number of hydrogen-bond acceptors (Lipinski definition) is 4. The van der Waals surface area contributed by atoms with Crippen LogP contribution < -0.4 is 4.74 Å². The molecule has 2 saturated heterocycles. The number of hydrogen-bond donors (Lipinski definition) is 1. The first-order chi connectivity index (χ1) is 12.5. The molecule has 0 unspecified atom stereocenters. The number of aryl methyl sites for hydroxylation is 1. The van der Waals surface area contributed by atoms with E-state index in [4.69, 9.17) is 4.74 Å². The van der Waals surface area contributed by atoms with Crippen LogP contribution in [0.3, 0.4) is 0 Å². The SMILES string of the molecule is COc1cc(C)c(CN2C[C@@H](CN3CCCC3)[C@@H](CO)C2)cc1C(C)C. The lowest BCUT2D eigenvalue weighted by molar-refractivity contribution is 0.175. The molecule has 2 aliphatic heterocycles. The molecular weight excluding hydrogens is 324 g/mol. The van der Waals surface area contributed by atoms with Crippen molar-refractivity contribution in [2.24, 2.45) is 11.8 Å². The zero-order chi connectivity index (χ0) is 18.7. The van der Waals surface area contributed by atoms with E-state index in [9.17, 15) is 5.11 Å². The van der Waals surface area contributed by atoms with Gasteiger partial charge in [-0.25, -0.2) is 0 Å². The topological polar surface area (TPSA) is 35.9 Å². The summed E-state index contributed by atoms with van der Waals surface area (Å²) in [6.07, 6.45) is 2.67. The van der Waals surface area contributed by atoms with Crippen LogP contribution in [0.4, 0.5) is 0 Å². The van der Waals surface area contributed by atoms with Crippen molar-refractivity contribution in [3.8, 4) is 5.75 Å². The molecule has 2 heterocycles. The first-order valence-corrected chi connectivity index (χ1v) is 10.2. The van der Waals surface area contributed by atoms with E-state index >= 15 is 0 Å². The second kappa shape index (κ2) is 8.73. The number of aliphatic hydroxyl groups excluding tert-OH is 1. The van der Waals surface area contributed by atoms with Crippen LogP contribution >= 0.6 is 0 Å². The Labute approximate surface area is 159 Å². The average molecular weight is 361 g/mol. The Bertz CT molecular complexity index is 596. The van der Waals surface area contributed by atoms with Crippen LogP contribution in [-0.4, -0.2) is 61.3 Å². The predicted octanol–water partition coefficient (Wildman–Crippen LogP) is 3.26. The van der Waals surface area contributed by atoms with Gasteiger partial charge >= 0.3 is 0 Å². The Morgan fingerprint density at radius 1 is 1.12 bits per heavy atom. The average Bonchev–Trinajstić information content (AvgIpc) is 3.26. The van der Waals surface area contributed by atoms with Crippen LogP contribution in [0, 0.1) is 18.8 Å². The van der Waals surface area contributed by atoms with Crippen molar-refractivity contribution in [3.05, 3.63) is 28.8 Å². The number of nitrogens with zero attached hydrogens (tertiary/aromatic N) is 2. The summed E-state index contributed by atoms with van der Waals surface area (Å²) in [6.45, 7) is 13.7. The molecule has 0 bridgehead atoms. The summed E-state index contributed by atoms with van der Waals surface area (Å²) in [5.41, 5.74) is 3.99. The molecule has 0 aliphatic carbocycles. The Morgan fingerprint density at radius 3 is 2.42 bits per heavy atom. The standard InChI is InChI=1S/C22H36N2O2/c1-16(2)21-10-18(17(3)9-22(21)26-4)11-24-13-19(20(14-24)15-25)12-23-7-5-6-8-23/h9-10,16,19-20,25H,5-8,11-15H2,1-4H3/t19-,20-/m1/s1. The van der Waals surface area contributed by atoms with E-state index in [1.807, 2.05) is 0 Å². The summed E-state index contributed by atoms with van der Waals surface area (Å²) in [5.74, 6) is 2.47. The number of methoxy groups -OCH3 is 1. The van der Waals surface area contributed by atoms with Crippen molar-refractivity contribution >= 4 is 0 Å². The largest absolute Gasteiger partial charge is 0.496 e. The normalized spacial score (nSPS) is 24.7. The Balaban J connectivity index is 1.69. The first kappa shape index (κ1) is 19.7. The highest BCUT2D eigenvalue weighted by Gasteiger charge is 2.34. The van der Waals surface area contributed by atoms with Crippen molar-refractivity contribution in [2.75, 3.05) is 46.4 Å². The van der Waals surface area contributed by atoms with E-state index in [1.165, 1.54) is 42.6 Å². The van der Waals surface area contributed by atoms with E-state index in [2.05, 4.69) is 42.7 Å². The number of benzene rings is 1. The van der Waals surface area contributed by atoms with Crippen LogP contribution in [0.2, 0.25) is 0 Å². The lowest BCUT2D eigenvalue weighted by atomic mass is 9.96. The second-order valence-corrected chi connectivity index (χ2v) is 8.58. The van der Waals surface area contributed by atoms with Gasteiger partial charge in [0.15, 0.2) is 0 Å². The maximum Gasteiger partial charge on any atom is 0.122 e. The lowest BCUT2D eigenvalue weighted by Crippen LogP contribution is -2.31. The molecule has 26 heavy (non-hydrogen) atoms. The van der Waals surface area contributed by atoms with Crippen molar-refractivity contribution < 1.29 is 9.84 Å². The fourth-order valence-electron chi connectivity index (χ4n) is 4.66. The van der Waals surface area contributed by atoms with Gasteiger partial charge in [-0.3, -0.25) is 4.90 Å². The summed E-state index contributed by atoms with van der Waals surface area (Å²) in [7, 11) is 1.76. The third-order valence-corrected chi connectivity index (χ3v) is 6.28. The molecule has 1 N–H and O–H groups in total. The monoisotopic (exact) mass is 360 g/mol. The van der Waals surface area contributed by atoms with Gasteiger partial charge in [0.05, 0.1) is 7.11 Å². The Hall–Kier alpha value is -1.10. The molecule has 0 amide bonds. The molecule has 0 aromatic heterocycles. The molecule has 0 radical (unpaired) electrons. The van der Waals surface area contributed by atoms with Crippen LogP contribution in [-0.2, 0) is 6.54 Å². The molecule has 1 aromatic rings. The highest BCUT2D eigenvalue weighted by Crippen LogP contribution is 2.32. The summed E-state index contributed by atoms with van der Waals surface area (Å²) in [6, 6.07) is 4.52. The zero-order valence-corrected chi connectivity index (χ0v) is 17.0. The van der Waals surface area contributed by atoms with E-state index < -0.39 is 0 Å². The van der Waals surface area contributed by atoms with Gasteiger partial charge in [0.2, 0.25) is 0 Å². The van der Waals surface area contributed by atoms with Gasteiger partial charge in [-0.05, 0) is 73.4 Å². The molecule has 4 nitrogen and oxygen atoms in total. The molecule has 1 aromatic carbocycles. The summed E-state index contributed by atoms with van der Waals surface area (Å²) in [4.78, 5) is 5.13. The van der Waals surface area contributed by atoms with Crippen LogP contribution in [0.5, 0.6) is 5.75 Å². The van der Waals surface area contributed by atoms with Crippen LogP contribution in [0.1, 0.15) is 49.3 Å². The van der Waals surface area contributed by atoms with Gasteiger partial charge in [0, 0.05) is 32.8 Å². The van der Waals surface area contributed by atoms with Crippen LogP contribution in [0.15, 0.2) is 12.1 Å². The minimum Gasteiger partial charge on any atom is -0.496 e. The van der Waals surface area contributed by atoms with Crippen molar-refractivity contribution in [2.45, 2.75) is 46.1 Å². The van der Waals surface area contributed by atoms with Gasteiger partial charge in [-0.15, -0.1) is 0 Å². The molecule has 2 atom stereocenters. The molecule has 4 heteroatoms. The smallest absolute Gasteiger partial charge is 0.122 e. The fraction of sp³-hybridized carbons (Fsp3) is 0.727. The minimum atomic E-state index is 0.313. The van der Waals surface area contributed by atoms with Crippen molar-refractivity contribution in [1.29, 1.82) is 0 Å². The maximum absolute atomic E-state index is 9.87. The van der Waals surface area contributed by atoms with Gasteiger partial charge in [-0.1, -0.05) is 19.9 Å². The molecule has 0 spiro atoms. The van der Waals surface area contributed by atoms with E-state index in [1.54, 1.807) is 7.11 Å². The quantitative estimate of drug-likeness (QED) is 0.810. The Morgan fingerprint density at radius 2 is 1.81 bits per heavy atom. The number of aliphatic hydroxyl groups is 1. The molecule has 146 valence electrons. The minimum absolute atomic E-state index is 0.313. The lowest BCUT2D eigenvalue weighted by Gasteiger charge is -2.23. The fourth-order valence-corrected chi connectivity index (χ4v) is 4.66. The van der Waals surface area contributed by atoms with E-state index in [-0.39, 0.29) is 0 Å². The van der Waals surface area contributed by atoms with E-state index in [0.29, 0.717) is 24.4 Å². The number of ether oxygens (including phenoxy) is 1. The highest BCUT2D eigenvalue weighted by molar-refractivity contribution is 5.44. The predicted molar refractivity (Wildman–Crippen MR) is 107 cm³/mol. The molecular formula is C22H36N2O2. The Kier molecular flexibility index (Phi) is 6.60. The molecule has 2 aliphatic rings. The highest BCUT2D eigenvalue weighted by atomic mass is 16.5. The van der Waals surface area contributed by atoms with Gasteiger partial charge in [0.1, 0.15) is 5.75 Å². The number of rotatable bonds is 7. The molecule has 0 saturated carbocycles. The number of likely N-dealkylation sites (tertiary alicyclic amines) is 2. The van der Waals surface area contributed by atoms with E-state index in [0.717, 1.165) is 31.9 Å². The summed E-state index contributed by atoms with van der Waals surface area (Å²) < 4.78 is 5.59. The first-order valence-electron chi connectivity index (χ1n) is 10.2. The van der Waals surface area contributed by atoms with Crippen molar-refractivity contribution in [3.63, 3.8) is 0 Å². The zero-order valence-electron chi connectivity index (χ0n) is 17.0. The third kappa shape index (κ3) is 4.41.